The van der Waals surface area contributed by atoms with E-state index in [0.717, 1.165) is 28.1 Å². The second-order valence-electron chi connectivity index (χ2n) is 6.17. The lowest BCUT2D eigenvalue weighted by Gasteiger charge is -2.13. The molecule has 1 heterocycles. The number of benzene rings is 2. The van der Waals surface area contributed by atoms with E-state index in [1.165, 1.54) is 0 Å². The molecular formula is C19H22N4O. The Kier molecular flexibility index (Phi) is 4.25. The average Bonchev–Trinajstić information content (AvgIpc) is 2.86. The molecule has 0 bridgehead atoms. The molecule has 5 nitrogen and oxygen atoms in total. The fraction of sp³-hybridized carbons (Fsp3) is 0.263. The summed E-state index contributed by atoms with van der Waals surface area (Å²) in [7, 11) is 5.92. The van der Waals surface area contributed by atoms with Crippen LogP contribution in [0.2, 0.25) is 0 Å². The molecule has 3 aromatic rings. The van der Waals surface area contributed by atoms with Crippen LogP contribution in [0.15, 0.2) is 42.5 Å². The summed E-state index contributed by atoms with van der Waals surface area (Å²) >= 11 is 0. The Bertz CT molecular complexity index is 896. The van der Waals surface area contributed by atoms with Crippen molar-refractivity contribution in [1.29, 1.82) is 0 Å². The smallest absolute Gasteiger partial charge is 0.251 e. The van der Waals surface area contributed by atoms with Crippen LogP contribution in [0, 0.1) is 6.92 Å². The predicted octanol–water partition coefficient (Wildman–Crippen LogP) is 2.88. The summed E-state index contributed by atoms with van der Waals surface area (Å²) in [5.41, 5.74) is 4.76. The fourth-order valence-corrected chi connectivity index (χ4v) is 2.69. The Morgan fingerprint density at radius 2 is 2.00 bits per heavy atom. The van der Waals surface area contributed by atoms with Gasteiger partial charge in [-0.15, -0.1) is 0 Å². The summed E-state index contributed by atoms with van der Waals surface area (Å²) in [5, 5.41) is 2.98. The minimum Gasteiger partial charge on any atom is -0.378 e. The van der Waals surface area contributed by atoms with Crippen molar-refractivity contribution in [3.8, 4) is 0 Å². The summed E-state index contributed by atoms with van der Waals surface area (Å²) in [5.74, 6) is 0.905. The summed E-state index contributed by atoms with van der Waals surface area (Å²) < 4.78 is 2.06. The highest BCUT2D eigenvalue weighted by Gasteiger charge is 2.08. The van der Waals surface area contributed by atoms with E-state index >= 15 is 0 Å². The van der Waals surface area contributed by atoms with E-state index in [1.807, 2.05) is 75.4 Å². The van der Waals surface area contributed by atoms with Gasteiger partial charge in [-0.2, -0.15) is 0 Å². The number of carbonyl (C=O) groups is 1. The number of amides is 1. The fourth-order valence-electron chi connectivity index (χ4n) is 2.69. The Labute approximate surface area is 141 Å². The van der Waals surface area contributed by atoms with Gasteiger partial charge < -0.3 is 14.8 Å². The molecule has 2 aromatic carbocycles. The molecule has 1 aromatic heterocycles. The molecule has 0 spiro atoms. The van der Waals surface area contributed by atoms with E-state index in [2.05, 4.69) is 14.9 Å². The highest BCUT2D eigenvalue weighted by Crippen LogP contribution is 2.17. The summed E-state index contributed by atoms with van der Waals surface area (Å²) in [4.78, 5) is 18.9. The maximum atomic E-state index is 12.4. The second kappa shape index (κ2) is 6.35. The SMILES string of the molecule is Cc1nc2cc(CNC(=O)c3cccc(N(C)C)c3)ccc2n1C. The lowest BCUT2D eigenvalue weighted by molar-refractivity contribution is 0.0951. The van der Waals surface area contributed by atoms with Crippen LogP contribution in [0.1, 0.15) is 21.7 Å². The summed E-state index contributed by atoms with van der Waals surface area (Å²) in [6.45, 7) is 2.47. The standard InChI is InChI=1S/C19H22N4O/c1-13-21-17-10-14(8-9-18(17)23(13)4)12-20-19(24)15-6-5-7-16(11-15)22(2)3/h5-11H,12H2,1-4H3,(H,20,24). The molecule has 124 valence electrons. The minimum absolute atomic E-state index is 0.0731. The third-order valence-corrected chi connectivity index (χ3v) is 4.25. The molecular weight excluding hydrogens is 300 g/mol. The van der Waals surface area contributed by atoms with Gasteiger partial charge in [-0.3, -0.25) is 4.79 Å². The molecule has 3 rings (SSSR count). The number of carbonyl (C=O) groups excluding carboxylic acids is 1. The van der Waals surface area contributed by atoms with E-state index in [1.54, 1.807) is 0 Å². The van der Waals surface area contributed by atoms with Gasteiger partial charge in [0.1, 0.15) is 5.82 Å². The van der Waals surface area contributed by atoms with Crippen molar-refractivity contribution < 1.29 is 4.79 Å². The molecule has 0 aliphatic carbocycles. The number of rotatable bonds is 4. The Morgan fingerprint density at radius 1 is 1.21 bits per heavy atom. The van der Waals surface area contributed by atoms with Gasteiger partial charge in [0, 0.05) is 38.9 Å². The van der Waals surface area contributed by atoms with Gasteiger partial charge in [0.15, 0.2) is 0 Å². The lowest BCUT2D eigenvalue weighted by atomic mass is 10.1. The first-order valence-electron chi connectivity index (χ1n) is 7.93. The van der Waals surface area contributed by atoms with Crippen LogP contribution < -0.4 is 10.2 Å². The first-order chi connectivity index (χ1) is 11.5. The summed E-state index contributed by atoms with van der Waals surface area (Å²) in [6, 6.07) is 13.7. The van der Waals surface area contributed by atoms with Crippen LogP contribution in [-0.2, 0) is 13.6 Å². The van der Waals surface area contributed by atoms with Crippen LogP contribution >= 0.6 is 0 Å². The topological polar surface area (TPSA) is 50.2 Å². The molecule has 0 unspecified atom stereocenters. The van der Waals surface area contributed by atoms with Crippen LogP contribution in [0.3, 0.4) is 0 Å². The third-order valence-electron chi connectivity index (χ3n) is 4.25. The van der Waals surface area contributed by atoms with E-state index < -0.39 is 0 Å². The molecule has 0 fully saturated rings. The molecule has 24 heavy (non-hydrogen) atoms. The van der Waals surface area contributed by atoms with Gasteiger partial charge in [-0.1, -0.05) is 12.1 Å². The van der Waals surface area contributed by atoms with Crippen LogP contribution in [0.4, 0.5) is 5.69 Å². The number of imidazole rings is 1. The number of nitrogens with one attached hydrogen (secondary N) is 1. The van der Waals surface area contributed by atoms with Crippen molar-refractivity contribution in [2.45, 2.75) is 13.5 Å². The minimum atomic E-state index is -0.0731. The van der Waals surface area contributed by atoms with Crippen molar-refractivity contribution >= 4 is 22.6 Å². The maximum Gasteiger partial charge on any atom is 0.251 e. The van der Waals surface area contributed by atoms with Gasteiger partial charge in [-0.05, 0) is 42.8 Å². The monoisotopic (exact) mass is 322 g/mol. The molecule has 0 saturated heterocycles. The van der Waals surface area contributed by atoms with Crippen LogP contribution in [0.5, 0.6) is 0 Å². The van der Waals surface area contributed by atoms with E-state index in [-0.39, 0.29) is 5.91 Å². The molecule has 0 aliphatic heterocycles. The quantitative estimate of drug-likeness (QED) is 0.803. The molecule has 0 aliphatic rings. The zero-order valence-corrected chi connectivity index (χ0v) is 14.5. The second-order valence-corrected chi connectivity index (χ2v) is 6.17. The maximum absolute atomic E-state index is 12.4. The molecule has 0 saturated carbocycles. The number of aryl methyl sites for hydroxylation is 2. The van der Waals surface area contributed by atoms with Gasteiger partial charge in [-0.25, -0.2) is 4.98 Å². The molecule has 0 atom stereocenters. The molecule has 1 amide bonds. The van der Waals surface area contributed by atoms with Crippen molar-refractivity contribution in [3.63, 3.8) is 0 Å². The van der Waals surface area contributed by atoms with E-state index in [9.17, 15) is 4.79 Å². The van der Waals surface area contributed by atoms with Crippen LogP contribution in [0.25, 0.3) is 11.0 Å². The average molecular weight is 322 g/mol. The van der Waals surface area contributed by atoms with E-state index in [0.29, 0.717) is 12.1 Å². The number of fused-ring (bicyclic) bond motifs is 1. The van der Waals surface area contributed by atoms with Crippen molar-refractivity contribution in [1.82, 2.24) is 14.9 Å². The normalized spacial score (nSPS) is 10.8. The largest absolute Gasteiger partial charge is 0.378 e. The van der Waals surface area contributed by atoms with Gasteiger partial charge >= 0.3 is 0 Å². The van der Waals surface area contributed by atoms with Crippen molar-refractivity contribution in [2.75, 3.05) is 19.0 Å². The highest BCUT2D eigenvalue weighted by atomic mass is 16.1. The van der Waals surface area contributed by atoms with Gasteiger partial charge in [0.2, 0.25) is 0 Å². The van der Waals surface area contributed by atoms with Crippen molar-refractivity contribution in [2.24, 2.45) is 7.05 Å². The number of aromatic nitrogens is 2. The first kappa shape index (κ1) is 16.1. The third kappa shape index (κ3) is 3.11. The number of hydrogen-bond donors (Lipinski definition) is 1. The highest BCUT2D eigenvalue weighted by molar-refractivity contribution is 5.95. The number of anilines is 1. The molecule has 0 radical (unpaired) electrons. The number of hydrogen-bond acceptors (Lipinski definition) is 3. The number of nitrogens with zero attached hydrogens (tertiary/aromatic N) is 3. The molecule has 1 N–H and O–H groups in total. The Balaban J connectivity index is 1.73. The van der Waals surface area contributed by atoms with E-state index in [4.69, 9.17) is 0 Å². The van der Waals surface area contributed by atoms with Crippen LogP contribution in [-0.4, -0.2) is 29.6 Å². The Hall–Kier alpha value is -2.82. The zero-order chi connectivity index (χ0) is 17.3. The summed E-state index contributed by atoms with van der Waals surface area (Å²) in [6.07, 6.45) is 0. The lowest BCUT2D eigenvalue weighted by Crippen LogP contribution is -2.23. The zero-order valence-electron chi connectivity index (χ0n) is 14.5. The van der Waals surface area contributed by atoms with Crippen molar-refractivity contribution in [3.05, 3.63) is 59.4 Å². The first-order valence-corrected chi connectivity index (χ1v) is 7.93. The Morgan fingerprint density at radius 3 is 2.75 bits per heavy atom. The van der Waals surface area contributed by atoms with Gasteiger partial charge in [0.05, 0.1) is 11.0 Å². The van der Waals surface area contributed by atoms with Gasteiger partial charge in [0.25, 0.3) is 5.91 Å². The molecule has 5 heteroatoms. The predicted molar refractivity (Wildman–Crippen MR) is 97.4 cm³/mol.